The molecule has 0 bridgehead atoms. The van der Waals surface area contributed by atoms with Crippen LogP contribution in [0.3, 0.4) is 0 Å². The maximum absolute atomic E-state index is 9.06. The summed E-state index contributed by atoms with van der Waals surface area (Å²) >= 11 is 5.87. The highest BCUT2D eigenvalue weighted by Gasteiger charge is 1.99. The fraction of sp³-hybridized carbons (Fsp3) is 0.118. The van der Waals surface area contributed by atoms with Crippen LogP contribution in [0.2, 0.25) is 5.02 Å². The number of nitrogens with zero attached hydrogens (tertiary/aromatic N) is 1. The lowest BCUT2D eigenvalue weighted by Crippen LogP contribution is -1.90. The Morgan fingerprint density at radius 2 is 1.90 bits per heavy atom. The van der Waals surface area contributed by atoms with E-state index in [9.17, 15) is 0 Å². The van der Waals surface area contributed by atoms with Crippen molar-refractivity contribution in [3.63, 3.8) is 0 Å². The topological polar surface area (TPSA) is 35.8 Å². The molecule has 0 aromatic heterocycles. The highest BCUT2D eigenvalue weighted by Crippen LogP contribution is 2.18. The minimum Gasteiger partial charge on any atom is -0.362 e. The molecule has 0 spiro atoms. The standard InChI is InChI=1S/C17H15ClN2/c1-12-3-6-17(9-13(12)2)20-8-7-14-4-5-16(18)10-15(14)11-19/h3-10,20H,1-2H3. The molecule has 0 saturated heterocycles. The Hall–Kier alpha value is -2.24. The van der Waals surface area contributed by atoms with Crippen molar-refractivity contribution in [2.24, 2.45) is 0 Å². The highest BCUT2D eigenvalue weighted by molar-refractivity contribution is 6.30. The van der Waals surface area contributed by atoms with Crippen LogP contribution in [-0.4, -0.2) is 0 Å². The zero-order valence-electron chi connectivity index (χ0n) is 11.4. The molecule has 2 aromatic rings. The van der Waals surface area contributed by atoms with Gasteiger partial charge in [-0.15, -0.1) is 0 Å². The molecular weight excluding hydrogens is 268 g/mol. The molecule has 0 heterocycles. The number of rotatable bonds is 3. The Kier molecular flexibility index (Phi) is 4.45. The molecule has 2 nitrogen and oxygen atoms in total. The molecule has 0 aliphatic heterocycles. The van der Waals surface area contributed by atoms with Crippen LogP contribution >= 0.6 is 11.6 Å². The molecule has 1 N–H and O–H groups in total. The van der Waals surface area contributed by atoms with Crippen LogP contribution in [0.1, 0.15) is 22.3 Å². The van der Waals surface area contributed by atoms with Crippen molar-refractivity contribution < 1.29 is 0 Å². The van der Waals surface area contributed by atoms with Gasteiger partial charge in [0.2, 0.25) is 0 Å². The predicted octanol–water partition coefficient (Wildman–Crippen LogP) is 4.91. The molecule has 0 aliphatic rings. The van der Waals surface area contributed by atoms with E-state index >= 15 is 0 Å². The molecular formula is C17H15ClN2. The van der Waals surface area contributed by atoms with E-state index in [1.807, 2.05) is 24.4 Å². The second kappa shape index (κ2) is 6.27. The summed E-state index contributed by atoms with van der Waals surface area (Å²) in [4.78, 5) is 0. The van der Waals surface area contributed by atoms with Crippen LogP contribution < -0.4 is 5.32 Å². The van der Waals surface area contributed by atoms with Crippen LogP contribution in [0.25, 0.3) is 6.08 Å². The van der Waals surface area contributed by atoms with E-state index in [0.717, 1.165) is 11.3 Å². The highest BCUT2D eigenvalue weighted by atomic mass is 35.5. The molecule has 0 fully saturated rings. The van der Waals surface area contributed by atoms with Gasteiger partial charge in [-0.25, -0.2) is 0 Å². The number of nitrogens with one attached hydrogen (secondary N) is 1. The van der Waals surface area contributed by atoms with Crippen molar-refractivity contribution in [2.75, 3.05) is 5.32 Å². The summed E-state index contributed by atoms with van der Waals surface area (Å²) in [6.45, 7) is 4.17. The first-order valence-corrected chi connectivity index (χ1v) is 6.68. The molecule has 0 atom stereocenters. The lowest BCUT2D eigenvalue weighted by Gasteiger charge is -2.05. The van der Waals surface area contributed by atoms with E-state index in [0.29, 0.717) is 10.6 Å². The average molecular weight is 283 g/mol. The Morgan fingerprint density at radius 1 is 1.10 bits per heavy atom. The van der Waals surface area contributed by atoms with Gasteiger partial charge in [0.1, 0.15) is 0 Å². The minimum atomic E-state index is 0.565. The number of aryl methyl sites for hydroxylation is 2. The van der Waals surface area contributed by atoms with Crippen molar-refractivity contribution in [3.05, 3.63) is 69.9 Å². The van der Waals surface area contributed by atoms with Crippen molar-refractivity contribution in [1.29, 1.82) is 5.26 Å². The second-order valence-electron chi connectivity index (χ2n) is 4.62. The van der Waals surface area contributed by atoms with E-state index in [1.54, 1.807) is 12.1 Å². The molecule has 0 radical (unpaired) electrons. The van der Waals surface area contributed by atoms with Crippen molar-refractivity contribution in [3.8, 4) is 6.07 Å². The Bertz CT molecular complexity index is 697. The Morgan fingerprint density at radius 3 is 2.60 bits per heavy atom. The van der Waals surface area contributed by atoms with E-state index in [1.165, 1.54) is 11.1 Å². The normalized spacial score (nSPS) is 10.5. The first-order valence-electron chi connectivity index (χ1n) is 6.30. The zero-order chi connectivity index (χ0) is 14.5. The van der Waals surface area contributed by atoms with Gasteiger partial charge in [0.25, 0.3) is 0 Å². The Balaban J connectivity index is 2.14. The first-order chi connectivity index (χ1) is 9.60. The summed E-state index contributed by atoms with van der Waals surface area (Å²) in [7, 11) is 0. The Labute approximate surface area is 124 Å². The summed E-state index contributed by atoms with van der Waals surface area (Å²) in [6.07, 6.45) is 3.69. The summed E-state index contributed by atoms with van der Waals surface area (Å²) in [5.74, 6) is 0. The smallest absolute Gasteiger partial charge is 0.0998 e. The van der Waals surface area contributed by atoms with Gasteiger partial charge in [-0.1, -0.05) is 23.7 Å². The molecule has 2 rings (SSSR count). The lowest BCUT2D eigenvalue weighted by molar-refractivity contribution is 1.34. The first kappa shape index (κ1) is 14.2. The van der Waals surface area contributed by atoms with Crippen LogP contribution in [-0.2, 0) is 0 Å². The third-order valence-electron chi connectivity index (χ3n) is 3.16. The fourth-order valence-corrected chi connectivity index (χ4v) is 2.00. The molecule has 20 heavy (non-hydrogen) atoms. The quantitative estimate of drug-likeness (QED) is 0.868. The minimum absolute atomic E-state index is 0.565. The van der Waals surface area contributed by atoms with Crippen LogP contribution in [0, 0.1) is 25.2 Å². The lowest BCUT2D eigenvalue weighted by atomic mass is 10.1. The number of hydrogen-bond donors (Lipinski definition) is 1. The maximum Gasteiger partial charge on any atom is 0.0998 e. The molecule has 2 aromatic carbocycles. The van der Waals surface area contributed by atoms with Gasteiger partial charge in [0.05, 0.1) is 11.6 Å². The summed E-state index contributed by atoms with van der Waals surface area (Å²) < 4.78 is 0. The van der Waals surface area contributed by atoms with E-state index in [-0.39, 0.29) is 0 Å². The molecule has 0 unspecified atom stereocenters. The molecule has 0 amide bonds. The molecule has 3 heteroatoms. The third-order valence-corrected chi connectivity index (χ3v) is 3.39. The monoisotopic (exact) mass is 282 g/mol. The molecule has 100 valence electrons. The third kappa shape index (κ3) is 3.40. The van der Waals surface area contributed by atoms with Gasteiger partial charge < -0.3 is 5.32 Å². The summed E-state index contributed by atoms with van der Waals surface area (Å²) in [5, 5.41) is 12.8. The number of halogens is 1. The SMILES string of the molecule is Cc1ccc(NC=Cc2ccc(Cl)cc2C#N)cc1C. The van der Waals surface area contributed by atoms with Crippen LogP contribution in [0.4, 0.5) is 5.69 Å². The molecule has 0 saturated carbocycles. The van der Waals surface area contributed by atoms with Gasteiger partial charge in [-0.05, 0) is 60.9 Å². The maximum atomic E-state index is 9.06. The van der Waals surface area contributed by atoms with E-state index in [4.69, 9.17) is 16.9 Å². The van der Waals surface area contributed by atoms with Crippen molar-refractivity contribution in [2.45, 2.75) is 13.8 Å². The number of hydrogen-bond acceptors (Lipinski definition) is 2. The fourth-order valence-electron chi connectivity index (χ4n) is 1.83. The predicted molar refractivity (Wildman–Crippen MR) is 84.7 cm³/mol. The zero-order valence-corrected chi connectivity index (χ0v) is 12.2. The van der Waals surface area contributed by atoms with E-state index < -0.39 is 0 Å². The average Bonchev–Trinajstić information content (AvgIpc) is 2.44. The summed E-state index contributed by atoms with van der Waals surface area (Å²) in [5.41, 5.74) is 4.94. The van der Waals surface area contributed by atoms with Gasteiger partial charge in [-0.2, -0.15) is 5.26 Å². The van der Waals surface area contributed by atoms with Gasteiger partial charge in [0, 0.05) is 16.9 Å². The largest absolute Gasteiger partial charge is 0.362 e. The van der Waals surface area contributed by atoms with Gasteiger partial charge in [0.15, 0.2) is 0 Å². The summed E-state index contributed by atoms with van der Waals surface area (Å²) in [6, 6.07) is 13.6. The van der Waals surface area contributed by atoms with Crippen LogP contribution in [0.15, 0.2) is 42.6 Å². The number of benzene rings is 2. The molecule has 0 aliphatic carbocycles. The van der Waals surface area contributed by atoms with Gasteiger partial charge in [-0.3, -0.25) is 0 Å². The number of anilines is 1. The van der Waals surface area contributed by atoms with Crippen molar-refractivity contribution >= 4 is 23.4 Å². The number of nitriles is 1. The van der Waals surface area contributed by atoms with E-state index in [2.05, 4.69) is 37.4 Å². The van der Waals surface area contributed by atoms with Gasteiger partial charge >= 0.3 is 0 Å². The van der Waals surface area contributed by atoms with Crippen molar-refractivity contribution in [1.82, 2.24) is 0 Å². The van der Waals surface area contributed by atoms with Crippen LogP contribution in [0.5, 0.6) is 0 Å². The second-order valence-corrected chi connectivity index (χ2v) is 5.06.